The molecule has 21 heavy (non-hydrogen) atoms. The van der Waals surface area contributed by atoms with Gasteiger partial charge in [-0.3, -0.25) is 4.79 Å². The lowest BCUT2D eigenvalue weighted by Crippen LogP contribution is -2.58. The number of carbonyl (C=O) groups is 2. The first-order valence-electron chi connectivity index (χ1n) is 8.10. The number of nitrogens with two attached hydrogens (primary N) is 1. The molecule has 0 aromatic carbocycles. The molecule has 0 aliphatic heterocycles. The molecule has 1 fully saturated rings. The molecule has 0 spiro atoms. The molecule has 0 radical (unpaired) electrons. The molecule has 1 rings (SSSR count). The number of carboxylic acids is 1. The summed E-state index contributed by atoms with van der Waals surface area (Å²) in [4.78, 5) is 24.1. The molecule has 1 aliphatic carbocycles. The Labute approximate surface area is 127 Å². The van der Waals surface area contributed by atoms with E-state index in [1.54, 1.807) is 0 Å². The van der Waals surface area contributed by atoms with E-state index in [0.29, 0.717) is 31.1 Å². The van der Waals surface area contributed by atoms with Gasteiger partial charge in [0.05, 0.1) is 5.92 Å². The fourth-order valence-corrected chi connectivity index (χ4v) is 3.19. The van der Waals surface area contributed by atoms with Crippen LogP contribution in [-0.4, -0.2) is 29.1 Å². The van der Waals surface area contributed by atoms with Gasteiger partial charge >= 0.3 is 5.97 Å². The van der Waals surface area contributed by atoms with E-state index in [4.69, 9.17) is 5.73 Å². The molecule has 4 N–H and O–H groups in total. The van der Waals surface area contributed by atoms with Crippen LogP contribution in [0, 0.1) is 17.8 Å². The zero-order chi connectivity index (χ0) is 16.0. The third-order valence-corrected chi connectivity index (χ3v) is 4.72. The number of rotatable bonds is 7. The third kappa shape index (κ3) is 4.70. The maximum absolute atomic E-state index is 12.4. The van der Waals surface area contributed by atoms with Gasteiger partial charge in [0, 0.05) is 6.54 Å². The standard InChI is InChI=1S/C16H30N2O3/c1-4-12-5-7-16(8-6-12,15(20)21)18-14(19)13(10-17)9-11(2)3/h11-13H,4-10,17H2,1-3H3,(H,18,19)(H,20,21). The van der Waals surface area contributed by atoms with Crippen LogP contribution < -0.4 is 11.1 Å². The Bertz CT molecular complexity index is 361. The second-order valence-corrected chi connectivity index (χ2v) is 6.79. The van der Waals surface area contributed by atoms with Crippen molar-refractivity contribution in [3.8, 4) is 0 Å². The van der Waals surface area contributed by atoms with Crippen LogP contribution in [0.1, 0.15) is 59.3 Å². The monoisotopic (exact) mass is 298 g/mol. The van der Waals surface area contributed by atoms with Crippen LogP contribution in [0.25, 0.3) is 0 Å². The number of hydrogen-bond acceptors (Lipinski definition) is 3. The van der Waals surface area contributed by atoms with E-state index in [2.05, 4.69) is 12.2 Å². The van der Waals surface area contributed by atoms with Crippen molar-refractivity contribution >= 4 is 11.9 Å². The second kappa shape index (κ2) is 7.78. The lowest BCUT2D eigenvalue weighted by Gasteiger charge is -2.38. The molecule has 1 saturated carbocycles. The number of nitrogens with one attached hydrogen (secondary N) is 1. The summed E-state index contributed by atoms with van der Waals surface area (Å²) in [5.74, 6) is -0.476. The Balaban J connectivity index is 2.74. The number of aliphatic carboxylic acids is 1. The lowest BCUT2D eigenvalue weighted by atomic mass is 9.75. The average molecular weight is 298 g/mol. The van der Waals surface area contributed by atoms with Gasteiger partial charge in [0.2, 0.25) is 5.91 Å². The average Bonchev–Trinajstić information content (AvgIpc) is 2.44. The summed E-state index contributed by atoms with van der Waals surface area (Å²) in [6, 6.07) is 0. The molecule has 0 bridgehead atoms. The Kier molecular flexibility index (Phi) is 6.65. The highest BCUT2D eigenvalue weighted by Crippen LogP contribution is 2.34. The molecule has 5 nitrogen and oxygen atoms in total. The zero-order valence-electron chi connectivity index (χ0n) is 13.5. The van der Waals surface area contributed by atoms with Gasteiger partial charge in [-0.05, 0) is 43.9 Å². The predicted molar refractivity (Wildman–Crippen MR) is 82.8 cm³/mol. The molecule has 122 valence electrons. The normalized spacial score (nSPS) is 27.4. The highest BCUT2D eigenvalue weighted by atomic mass is 16.4. The van der Waals surface area contributed by atoms with Crippen molar-refractivity contribution in [2.24, 2.45) is 23.5 Å². The van der Waals surface area contributed by atoms with Crippen LogP contribution in [-0.2, 0) is 9.59 Å². The van der Waals surface area contributed by atoms with Gasteiger partial charge < -0.3 is 16.2 Å². The van der Waals surface area contributed by atoms with Crippen LogP contribution >= 0.6 is 0 Å². The SMILES string of the molecule is CCC1CCC(NC(=O)C(CN)CC(C)C)(C(=O)O)CC1. The summed E-state index contributed by atoms with van der Waals surface area (Å²) in [6.07, 6.45) is 4.52. The first-order valence-corrected chi connectivity index (χ1v) is 8.10. The summed E-state index contributed by atoms with van der Waals surface area (Å²) in [6.45, 7) is 6.46. The molecule has 1 unspecified atom stereocenters. The van der Waals surface area contributed by atoms with Gasteiger partial charge in [0.25, 0.3) is 0 Å². The summed E-state index contributed by atoms with van der Waals surface area (Å²) >= 11 is 0. The number of carboxylic acid groups (broad SMARTS) is 1. The molecular formula is C16H30N2O3. The van der Waals surface area contributed by atoms with E-state index in [-0.39, 0.29) is 18.4 Å². The smallest absolute Gasteiger partial charge is 0.329 e. The van der Waals surface area contributed by atoms with Crippen molar-refractivity contribution in [1.82, 2.24) is 5.32 Å². The Hall–Kier alpha value is -1.10. The van der Waals surface area contributed by atoms with Gasteiger partial charge in [0.1, 0.15) is 5.54 Å². The largest absolute Gasteiger partial charge is 0.480 e. The molecule has 0 aromatic heterocycles. The molecule has 1 amide bonds. The third-order valence-electron chi connectivity index (χ3n) is 4.72. The molecule has 0 heterocycles. The van der Waals surface area contributed by atoms with E-state index >= 15 is 0 Å². The quantitative estimate of drug-likeness (QED) is 0.671. The number of amides is 1. The predicted octanol–water partition coefficient (Wildman–Crippen LogP) is 2.15. The highest BCUT2D eigenvalue weighted by Gasteiger charge is 2.43. The summed E-state index contributed by atoms with van der Waals surface area (Å²) < 4.78 is 0. The minimum atomic E-state index is -1.09. The van der Waals surface area contributed by atoms with E-state index < -0.39 is 11.5 Å². The molecule has 1 atom stereocenters. The van der Waals surface area contributed by atoms with Crippen LogP contribution in [0.4, 0.5) is 0 Å². The fourth-order valence-electron chi connectivity index (χ4n) is 3.19. The van der Waals surface area contributed by atoms with Crippen LogP contribution in [0.3, 0.4) is 0 Å². The summed E-state index contributed by atoms with van der Waals surface area (Å²) in [5.41, 5.74) is 4.59. The minimum Gasteiger partial charge on any atom is -0.480 e. The molecule has 0 saturated heterocycles. The summed E-state index contributed by atoms with van der Waals surface area (Å²) in [5, 5.41) is 12.4. The highest BCUT2D eigenvalue weighted by molar-refractivity contribution is 5.88. The van der Waals surface area contributed by atoms with Crippen molar-refractivity contribution in [2.45, 2.75) is 64.8 Å². The Morgan fingerprint density at radius 2 is 1.90 bits per heavy atom. The first kappa shape index (κ1) is 18.0. The van der Waals surface area contributed by atoms with Gasteiger partial charge in [-0.25, -0.2) is 4.79 Å². The van der Waals surface area contributed by atoms with Crippen molar-refractivity contribution in [1.29, 1.82) is 0 Å². The van der Waals surface area contributed by atoms with Crippen molar-refractivity contribution in [3.63, 3.8) is 0 Å². The lowest BCUT2D eigenvalue weighted by molar-refractivity contribution is -0.150. The van der Waals surface area contributed by atoms with Gasteiger partial charge in [-0.1, -0.05) is 27.2 Å². The van der Waals surface area contributed by atoms with Crippen LogP contribution in [0.2, 0.25) is 0 Å². The first-order chi connectivity index (χ1) is 9.84. The van der Waals surface area contributed by atoms with Crippen LogP contribution in [0.15, 0.2) is 0 Å². The fraction of sp³-hybridized carbons (Fsp3) is 0.875. The maximum atomic E-state index is 12.4. The molecule has 1 aliphatic rings. The maximum Gasteiger partial charge on any atom is 0.329 e. The van der Waals surface area contributed by atoms with Crippen molar-refractivity contribution < 1.29 is 14.7 Å². The number of hydrogen-bond donors (Lipinski definition) is 3. The van der Waals surface area contributed by atoms with Gasteiger partial charge in [0.15, 0.2) is 0 Å². The zero-order valence-corrected chi connectivity index (χ0v) is 13.5. The second-order valence-electron chi connectivity index (χ2n) is 6.79. The van der Waals surface area contributed by atoms with E-state index in [1.165, 1.54) is 0 Å². The Morgan fingerprint density at radius 1 is 1.33 bits per heavy atom. The Morgan fingerprint density at radius 3 is 2.29 bits per heavy atom. The van der Waals surface area contributed by atoms with E-state index in [0.717, 1.165) is 19.3 Å². The number of carbonyl (C=O) groups excluding carboxylic acids is 1. The van der Waals surface area contributed by atoms with E-state index in [1.807, 2.05) is 13.8 Å². The van der Waals surface area contributed by atoms with Gasteiger partial charge in [-0.2, -0.15) is 0 Å². The molecular weight excluding hydrogens is 268 g/mol. The van der Waals surface area contributed by atoms with E-state index in [9.17, 15) is 14.7 Å². The van der Waals surface area contributed by atoms with Crippen LogP contribution in [0.5, 0.6) is 0 Å². The van der Waals surface area contributed by atoms with Crippen molar-refractivity contribution in [2.75, 3.05) is 6.54 Å². The molecule has 0 aromatic rings. The minimum absolute atomic E-state index is 0.205. The van der Waals surface area contributed by atoms with Gasteiger partial charge in [-0.15, -0.1) is 0 Å². The topological polar surface area (TPSA) is 92.4 Å². The molecule has 5 heteroatoms. The van der Waals surface area contributed by atoms with Crippen molar-refractivity contribution in [3.05, 3.63) is 0 Å². The summed E-state index contributed by atoms with van der Waals surface area (Å²) in [7, 11) is 0.